The molecule has 4 heteroatoms. The minimum Gasteiger partial charge on any atom is -0.389 e. The normalized spacial score (nSPS) is 10.2. The van der Waals surface area contributed by atoms with E-state index in [4.69, 9.17) is 18.0 Å². The van der Waals surface area contributed by atoms with Gasteiger partial charge < -0.3 is 11.1 Å². The maximum atomic E-state index is 5.77. The summed E-state index contributed by atoms with van der Waals surface area (Å²) in [4.78, 5) is 1.65. The SMILES string of the molecule is CSc1ccc(Nc2ccc(C)cc2C(N)=S)cc1. The standard InChI is InChI=1S/C15H16N2S2/c1-10-3-8-14(13(9-10)15(16)18)17-11-4-6-12(19-2)7-5-11/h3-9,17H,1-2H3,(H2,16,18). The van der Waals surface area contributed by atoms with E-state index in [2.05, 4.69) is 35.8 Å². The van der Waals surface area contributed by atoms with Crippen LogP contribution in [-0.4, -0.2) is 11.2 Å². The molecule has 0 aliphatic rings. The molecule has 0 unspecified atom stereocenters. The van der Waals surface area contributed by atoms with Gasteiger partial charge in [0, 0.05) is 21.8 Å². The van der Waals surface area contributed by atoms with Crippen LogP contribution in [0.3, 0.4) is 0 Å². The Kier molecular flexibility index (Phi) is 4.45. The highest BCUT2D eigenvalue weighted by Crippen LogP contribution is 2.24. The van der Waals surface area contributed by atoms with Crippen molar-refractivity contribution in [3.63, 3.8) is 0 Å². The number of hydrogen-bond acceptors (Lipinski definition) is 3. The summed E-state index contributed by atoms with van der Waals surface area (Å²) in [5.74, 6) is 0. The number of anilines is 2. The second kappa shape index (κ2) is 6.08. The van der Waals surface area contributed by atoms with Gasteiger partial charge in [0.15, 0.2) is 0 Å². The van der Waals surface area contributed by atoms with Gasteiger partial charge in [-0.15, -0.1) is 11.8 Å². The monoisotopic (exact) mass is 288 g/mol. The van der Waals surface area contributed by atoms with Gasteiger partial charge in [-0.25, -0.2) is 0 Å². The number of hydrogen-bond donors (Lipinski definition) is 2. The molecule has 0 saturated heterocycles. The van der Waals surface area contributed by atoms with Crippen LogP contribution in [0.2, 0.25) is 0 Å². The molecule has 0 spiro atoms. The van der Waals surface area contributed by atoms with Crippen LogP contribution in [-0.2, 0) is 0 Å². The molecule has 0 radical (unpaired) electrons. The van der Waals surface area contributed by atoms with Gasteiger partial charge >= 0.3 is 0 Å². The first kappa shape index (κ1) is 13.9. The van der Waals surface area contributed by atoms with Gasteiger partial charge in [-0.3, -0.25) is 0 Å². The molecule has 0 heterocycles. The Morgan fingerprint density at radius 2 is 1.84 bits per heavy atom. The van der Waals surface area contributed by atoms with Gasteiger partial charge in [0.2, 0.25) is 0 Å². The van der Waals surface area contributed by atoms with E-state index in [9.17, 15) is 0 Å². The summed E-state index contributed by atoms with van der Waals surface area (Å²) in [7, 11) is 0. The second-order valence-electron chi connectivity index (χ2n) is 4.27. The fourth-order valence-corrected chi connectivity index (χ4v) is 2.38. The van der Waals surface area contributed by atoms with Crippen LogP contribution in [0.15, 0.2) is 47.4 Å². The Labute approximate surface area is 123 Å². The van der Waals surface area contributed by atoms with Crippen LogP contribution in [0, 0.1) is 6.92 Å². The average molecular weight is 288 g/mol. The second-order valence-corrected chi connectivity index (χ2v) is 5.59. The Morgan fingerprint density at radius 1 is 1.16 bits per heavy atom. The predicted molar refractivity (Wildman–Crippen MR) is 88.6 cm³/mol. The number of benzene rings is 2. The van der Waals surface area contributed by atoms with Gasteiger partial charge in [0.1, 0.15) is 4.99 Å². The lowest BCUT2D eigenvalue weighted by molar-refractivity contribution is 1.41. The molecular formula is C15H16N2S2. The predicted octanol–water partition coefficient (Wildman–Crippen LogP) is 4.09. The molecule has 0 aliphatic heterocycles. The molecule has 0 fully saturated rings. The number of nitrogens with one attached hydrogen (secondary N) is 1. The van der Waals surface area contributed by atoms with Crippen LogP contribution in [0.25, 0.3) is 0 Å². The zero-order valence-corrected chi connectivity index (χ0v) is 12.6. The van der Waals surface area contributed by atoms with E-state index in [1.165, 1.54) is 4.90 Å². The van der Waals surface area contributed by atoms with E-state index in [1.807, 2.05) is 25.1 Å². The van der Waals surface area contributed by atoms with Crippen LogP contribution >= 0.6 is 24.0 Å². The lowest BCUT2D eigenvalue weighted by Gasteiger charge is -2.12. The third-order valence-electron chi connectivity index (χ3n) is 2.81. The zero-order chi connectivity index (χ0) is 13.8. The van der Waals surface area contributed by atoms with E-state index in [1.54, 1.807) is 11.8 Å². The van der Waals surface area contributed by atoms with Crippen LogP contribution in [0.5, 0.6) is 0 Å². The maximum absolute atomic E-state index is 5.77. The third-order valence-corrected chi connectivity index (χ3v) is 3.77. The summed E-state index contributed by atoms with van der Waals surface area (Å²) < 4.78 is 0. The molecule has 0 amide bonds. The van der Waals surface area contributed by atoms with Crippen LogP contribution in [0.4, 0.5) is 11.4 Å². The first-order valence-electron chi connectivity index (χ1n) is 5.91. The smallest absolute Gasteiger partial charge is 0.106 e. The van der Waals surface area contributed by atoms with E-state index in [-0.39, 0.29) is 0 Å². The lowest BCUT2D eigenvalue weighted by Crippen LogP contribution is -2.12. The van der Waals surface area contributed by atoms with Gasteiger partial charge in [0.25, 0.3) is 0 Å². The van der Waals surface area contributed by atoms with E-state index in [0.29, 0.717) is 4.99 Å². The number of nitrogens with two attached hydrogens (primary N) is 1. The highest BCUT2D eigenvalue weighted by molar-refractivity contribution is 7.98. The molecule has 3 N–H and O–H groups in total. The summed E-state index contributed by atoms with van der Waals surface area (Å²) in [6.45, 7) is 2.03. The van der Waals surface area contributed by atoms with Crippen molar-refractivity contribution in [3.05, 3.63) is 53.6 Å². The molecule has 0 bridgehead atoms. The fraction of sp³-hybridized carbons (Fsp3) is 0.133. The molecule has 0 saturated carbocycles. The summed E-state index contributed by atoms with van der Waals surface area (Å²) in [6.07, 6.45) is 2.06. The van der Waals surface area contributed by atoms with E-state index in [0.717, 1.165) is 22.5 Å². The van der Waals surface area contributed by atoms with Crippen LogP contribution < -0.4 is 11.1 Å². The Bertz CT molecular complexity index is 592. The largest absolute Gasteiger partial charge is 0.389 e. The molecule has 19 heavy (non-hydrogen) atoms. The van der Waals surface area contributed by atoms with Gasteiger partial charge in [0.05, 0.1) is 0 Å². The molecule has 0 aromatic heterocycles. The Balaban J connectivity index is 2.29. The first-order valence-corrected chi connectivity index (χ1v) is 7.55. The molecule has 2 aromatic carbocycles. The fourth-order valence-electron chi connectivity index (χ4n) is 1.80. The van der Waals surface area contributed by atoms with Gasteiger partial charge in [-0.2, -0.15) is 0 Å². The van der Waals surface area contributed by atoms with Crippen molar-refractivity contribution in [2.75, 3.05) is 11.6 Å². The van der Waals surface area contributed by atoms with Crippen molar-refractivity contribution >= 4 is 40.3 Å². The van der Waals surface area contributed by atoms with Crippen LogP contribution in [0.1, 0.15) is 11.1 Å². The number of thiocarbonyl (C=S) groups is 1. The number of rotatable bonds is 4. The Hall–Kier alpha value is -1.52. The summed E-state index contributed by atoms with van der Waals surface area (Å²) in [6, 6.07) is 14.3. The minimum absolute atomic E-state index is 0.409. The van der Waals surface area contributed by atoms with Crippen molar-refractivity contribution in [1.82, 2.24) is 0 Å². The highest BCUT2D eigenvalue weighted by atomic mass is 32.2. The maximum Gasteiger partial charge on any atom is 0.106 e. The summed E-state index contributed by atoms with van der Waals surface area (Å²) in [5.41, 5.74) is 9.76. The topological polar surface area (TPSA) is 38.0 Å². The van der Waals surface area contributed by atoms with E-state index < -0.39 is 0 Å². The summed E-state index contributed by atoms with van der Waals surface area (Å²) in [5, 5.41) is 3.36. The molecule has 0 atom stereocenters. The first-order chi connectivity index (χ1) is 9.10. The van der Waals surface area contributed by atoms with Gasteiger partial charge in [-0.1, -0.05) is 23.8 Å². The molecule has 0 aliphatic carbocycles. The quantitative estimate of drug-likeness (QED) is 0.656. The van der Waals surface area contributed by atoms with Crippen molar-refractivity contribution in [1.29, 1.82) is 0 Å². The van der Waals surface area contributed by atoms with Gasteiger partial charge in [-0.05, 0) is 49.6 Å². The molecule has 2 aromatic rings. The lowest BCUT2D eigenvalue weighted by atomic mass is 10.1. The van der Waals surface area contributed by atoms with Crippen molar-refractivity contribution < 1.29 is 0 Å². The molecule has 98 valence electrons. The average Bonchev–Trinajstić information content (AvgIpc) is 2.41. The third kappa shape index (κ3) is 3.49. The Morgan fingerprint density at radius 3 is 2.42 bits per heavy atom. The zero-order valence-electron chi connectivity index (χ0n) is 10.9. The number of aryl methyl sites for hydroxylation is 1. The molecular weight excluding hydrogens is 272 g/mol. The van der Waals surface area contributed by atoms with Crippen molar-refractivity contribution in [2.45, 2.75) is 11.8 Å². The highest BCUT2D eigenvalue weighted by Gasteiger charge is 2.05. The van der Waals surface area contributed by atoms with Crippen molar-refractivity contribution in [2.24, 2.45) is 5.73 Å². The van der Waals surface area contributed by atoms with E-state index >= 15 is 0 Å². The number of thioether (sulfide) groups is 1. The molecule has 2 rings (SSSR count). The summed E-state index contributed by atoms with van der Waals surface area (Å²) >= 11 is 6.82. The molecule has 2 nitrogen and oxygen atoms in total. The van der Waals surface area contributed by atoms with Crippen molar-refractivity contribution in [3.8, 4) is 0 Å². The minimum atomic E-state index is 0.409.